The molecule has 1 aromatic carbocycles. The second-order valence-corrected chi connectivity index (χ2v) is 4.61. The predicted molar refractivity (Wildman–Crippen MR) is 67.5 cm³/mol. The van der Waals surface area contributed by atoms with Gasteiger partial charge in [0, 0.05) is 24.6 Å². The summed E-state index contributed by atoms with van der Waals surface area (Å²) in [5, 5.41) is 10.8. The van der Waals surface area contributed by atoms with Gasteiger partial charge in [0.2, 0.25) is 0 Å². The van der Waals surface area contributed by atoms with Gasteiger partial charge in [0.15, 0.2) is 0 Å². The van der Waals surface area contributed by atoms with Crippen molar-refractivity contribution >= 4 is 11.7 Å². The SMILES string of the molecule is N[C@H]1C[C@H](OC(=O)c2ccccc2[N+](=O)[O-])[C@@H](N)C1. The molecular weight excluding hydrogens is 250 g/mol. The second kappa shape index (κ2) is 5.33. The van der Waals surface area contributed by atoms with Gasteiger partial charge in [0.1, 0.15) is 11.7 Å². The lowest BCUT2D eigenvalue weighted by molar-refractivity contribution is -0.385. The number of nitro groups is 1. The van der Waals surface area contributed by atoms with Gasteiger partial charge in [-0.2, -0.15) is 0 Å². The summed E-state index contributed by atoms with van der Waals surface area (Å²) >= 11 is 0. The van der Waals surface area contributed by atoms with Gasteiger partial charge in [-0.25, -0.2) is 4.79 Å². The summed E-state index contributed by atoms with van der Waals surface area (Å²) in [6, 6.07) is 5.24. The van der Waals surface area contributed by atoms with E-state index in [-0.39, 0.29) is 23.3 Å². The number of rotatable bonds is 3. The van der Waals surface area contributed by atoms with Crippen LogP contribution in [0.3, 0.4) is 0 Å². The van der Waals surface area contributed by atoms with Crippen molar-refractivity contribution in [2.75, 3.05) is 0 Å². The fraction of sp³-hybridized carbons (Fsp3) is 0.417. The van der Waals surface area contributed by atoms with Gasteiger partial charge in [0.05, 0.1) is 4.92 Å². The van der Waals surface area contributed by atoms with Crippen LogP contribution < -0.4 is 11.5 Å². The number of nitro benzene ring substituents is 1. The fourth-order valence-electron chi connectivity index (χ4n) is 2.21. The van der Waals surface area contributed by atoms with Crippen molar-refractivity contribution in [1.82, 2.24) is 0 Å². The second-order valence-electron chi connectivity index (χ2n) is 4.61. The van der Waals surface area contributed by atoms with Crippen LogP contribution in [0.4, 0.5) is 5.69 Å². The average molecular weight is 265 g/mol. The molecule has 102 valence electrons. The van der Waals surface area contributed by atoms with Gasteiger partial charge >= 0.3 is 5.97 Å². The highest BCUT2D eigenvalue weighted by Gasteiger charge is 2.34. The maximum Gasteiger partial charge on any atom is 0.345 e. The molecular formula is C12H15N3O4. The van der Waals surface area contributed by atoms with Crippen LogP contribution in [-0.4, -0.2) is 29.1 Å². The molecule has 0 amide bonds. The Bertz CT molecular complexity index is 506. The molecule has 0 spiro atoms. The monoisotopic (exact) mass is 265 g/mol. The summed E-state index contributed by atoms with van der Waals surface area (Å²) in [6.07, 6.45) is 0.574. The van der Waals surface area contributed by atoms with Crippen molar-refractivity contribution in [3.8, 4) is 0 Å². The highest BCUT2D eigenvalue weighted by molar-refractivity contribution is 5.94. The third kappa shape index (κ3) is 2.88. The normalized spacial score (nSPS) is 26.1. The molecule has 0 bridgehead atoms. The molecule has 0 aromatic heterocycles. The first-order valence-electron chi connectivity index (χ1n) is 5.94. The Morgan fingerprint density at radius 2 is 2.00 bits per heavy atom. The molecule has 1 aliphatic rings. The van der Waals surface area contributed by atoms with Crippen LogP contribution in [0.25, 0.3) is 0 Å². The Morgan fingerprint density at radius 1 is 1.32 bits per heavy atom. The molecule has 0 aliphatic heterocycles. The Hall–Kier alpha value is -1.99. The lowest BCUT2D eigenvalue weighted by Crippen LogP contribution is -2.33. The van der Waals surface area contributed by atoms with Crippen LogP contribution in [0.1, 0.15) is 23.2 Å². The van der Waals surface area contributed by atoms with Crippen molar-refractivity contribution in [2.45, 2.75) is 31.0 Å². The number of ether oxygens (including phenoxy) is 1. The minimum Gasteiger partial charge on any atom is -0.457 e. The van der Waals surface area contributed by atoms with Gasteiger partial charge < -0.3 is 16.2 Å². The van der Waals surface area contributed by atoms with Crippen molar-refractivity contribution in [2.24, 2.45) is 11.5 Å². The van der Waals surface area contributed by atoms with E-state index in [0.717, 1.165) is 0 Å². The maximum atomic E-state index is 12.0. The van der Waals surface area contributed by atoms with Crippen LogP contribution in [0.5, 0.6) is 0 Å². The van der Waals surface area contributed by atoms with Crippen LogP contribution in [0, 0.1) is 10.1 Å². The Labute approximate surface area is 109 Å². The van der Waals surface area contributed by atoms with Gasteiger partial charge in [-0.1, -0.05) is 12.1 Å². The standard InChI is InChI=1S/C12H15N3O4/c13-7-5-9(14)11(6-7)19-12(16)8-3-1-2-4-10(8)15(17)18/h1-4,7,9,11H,5-6,13-14H2/t7-,9+,11+/m1/s1. The van der Waals surface area contributed by atoms with Crippen LogP contribution in [0.15, 0.2) is 24.3 Å². The van der Waals surface area contributed by atoms with Gasteiger partial charge in [-0.15, -0.1) is 0 Å². The minimum absolute atomic E-state index is 0.0693. The number of benzene rings is 1. The first kappa shape index (κ1) is 13.4. The molecule has 0 unspecified atom stereocenters. The number of hydrogen-bond acceptors (Lipinski definition) is 6. The molecule has 19 heavy (non-hydrogen) atoms. The van der Waals surface area contributed by atoms with Crippen LogP contribution >= 0.6 is 0 Å². The average Bonchev–Trinajstić information content (AvgIpc) is 2.67. The summed E-state index contributed by atoms with van der Waals surface area (Å²) < 4.78 is 5.22. The molecule has 1 aliphatic carbocycles. The molecule has 2 rings (SSSR count). The third-order valence-corrected chi connectivity index (χ3v) is 3.17. The molecule has 7 nitrogen and oxygen atoms in total. The molecule has 1 saturated carbocycles. The highest BCUT2D eigenvalue weighted by atomic mass is 16.6. The summed E-state index contributed by atoms with van der Waals surface area (Å²) in [5.74, 6) is -0.734. The first-order valence-corrected chi connectivity index (χ1v) is 5.94. The zero-order valence-corrected chi connectivity index (χ0v) is 10.2. The maximum absolute atomic E-state index is 12.0. The molecule has 7 heteroatoms. The zero-order chi connectivity index (χ0) is 14.0. The van der Waals surface area contributed by atoms with Crippen LogP contribution in [0.2, 0.25) is 0 Å². The van der Waals surface area contributed by atoms with Gasteiger partial charge in [0.25, 0.3) is 5.69 Å². The van der Waals surface area contributed by atoms with E-state index in [1.165, 1.54) is 18.2 Å². The first-order chi connectivity index (χ1) is 8.99. The number of carbonyl (C=O) groups is 1. The molecule has 0 radical (unpaired) electrons. The number of esters is 1. The summed E-state index contributed by atoms with van der Waals surface area (Å²) in [6.45, 7) is 0. The van der Waals surface area contributed by atoms with Gasteiger partial charge in [-0.3, -0.25) is 10.1 Å². The molecule has 1 fully saturated rings. The molecule has 0 heterocycles. The van der Waals surface area contributed by atoms with Crippen molar-refractivity contribution in [1.29, 1.82) is 0 Å². The Morgan fingerprint density at radius 3 is 2.58 bits per heavy atom. The lowest BCUT2D eigenvalue weighted by atomic mass is 10.1. The van der Waals surface area contributed by atoms with Gasteiger partial charge in [-0.05, 0) is 12.5 Å². The molecule has 0 saturated heterocycles. The van der Waals surface area contributed by atoms with E-state index >= 15 is 0 Å². The number of hydrogen-bond donors (Lipinski definition) is 2. The van der Waals surface area contributed by atoms with Crippen molar-refractivity contribution in [3.05, 3.63) is 39.9 Å². The number of para-hydroxylation sites is 1. The van der Waals surface area contributed by atoms with Crippen molar-refractivity contribution < 1.29 is 14.5 Å². The summed E-state index contributed by atoms with van der Waals surface area (Å²) in [5.41, 5.74) is 11.2. The van der Waals surface area contributed by atoms with E-state index in [4.69, 9.17) is 16.2 Å². The van der Waals surface area contributed by atoms with Crippen molar-refractivity contribution in [3.63, 3.8) is 0 Å². The minimum atomic E-state index is -0.734. The summed E-state index contributed by atoms with van der Waals surface area (Å²) in [4.78, 5) is 22.2. The lowest BCUT2D eigenvalue weighted by Gasteiger charge is -2.16. The molecule has 4 N–H and O–H groups in total. The van der Waals surface area contributed by atoms with E-state index < -0.39 is 17.0 Å². The van der Waals surface area contributed by atoms with E-state index in [9.17, 15) is 14.9 Å². The fourth-order valence-corrected chi connectivity index (χ4v) is 2.21. The van der Waals surface area contributed by atoms with E-state index in [2.05, 4.69) is 0 Å². The topological polar surface area (TPSA) is 121 Å². The summed E-state index contributed by atoms with van der Waals surface area (Å²) in [7, 11) is 0. The largest absolute Gasteiger partial charge is 0.457 e. The van der Waals surface area contributed by atoms with E-state index in [1.54, 1.807) is 6.07 Å². The molecule has 1 aromatic rings. The van der Waals surface area contributed by atoms with E-state index in [0.29, 0.717) is 12.8 Å². The third-order valence-electron chi connectivity index (χ3n) is 3.17. The quantitative estimate of drug-likeness (QED) is 0.468. The number of nitrogens with two attached hydrogens (primary N) is 2. The zero-order valence-electron chi connectivity index (χ0n) is 10.2. The number of carbonyl (C=O) groups excluding carboxylic acids is 1. The number of nitrogens with zero attached hydrogens (tertiary/aromatic N) is 1. The Balaban J connectivity index is 2.14. The van der Waals surface area contributed by atoms with Crippen LogP contribution in [-0.2, 0) is 4.74 Å². The van der Waals surface area contributed by atoms with E-state index in [1.807, 2.05) is 0 Å². The molecule has 3 atom stereocenters. The predicted octanol–water partition coefficient (Wildman–Crippen LogP) is 0.569. The Kier molecular flexibility index (Phi) is 3.77. The highest BCUT2D eigenvalue weighted by Crippen LogP contribution is 2.24. The smallest absolute Gasteiger partial charge is 0.345 e.